The van der Waals surface area contributed by atoms with E-state index in [4.69, 9.17) is 4.52 Å². The molecule has 2 aromatic rings. The van der Waals surface area contributed by atoms with E-state index in [0.717, 1.165) is 56.6 Å². The number of hydrogen-bond donors (Lipinski definition) is 1. The standard InChI is InChI=1S/C22H29N5O3S/c1-15-24-20(30-25-15)18-11-22(6-8-26(9-7-22)21(29)16-4-5-16)14-27(18)13-19(28)23-12-17-3-2-10-31-17/h2-3,10,16,18H,4-9,11-14H2,1H3,(H,23,28). The lowest BCUT2D eigenvalue weighted by Crippen LogP contribution is -2.45. The fourth-order valence-corrected chi connectivity index (χ4v) is 5.64. The zero-order valence-electron chi connectivity index (χ0n) is 17.9. The van der Waals surface area contributed by atoms with Crippen LogP contribution in [0.3, 0.4) is 0 Å². The minimum Gasteiger partial charge on any atom is -0.350 e. The van der Waals surface area contributed by atoms with Crippen molar-refractivity contribution in [2.24, 2.45) is 11.3 Å². The first-order valence-corrected chi connectivity index (χ1v) is 12.0. The van der Waals surface area contributed by atoms with Crippen LogP contribution < -0.4 is 5.32 Å². The fraction of sp³-hybridized carbons (Fsp3) is 0.636. The highest BCUT2D eigenvalue weighted by Crippen LogP contribution is 2.49. The number of carbonyl (C=O) groups is 2. The Balaban J connectivity index is 1.25. The van der Waals surface area contributed by atoms with E-state index in [1.807, 2.05) is 29.3 Å². The molecule has 2 amide bonds. The molecule has 9 heteroatoms. The molecule has 2 aliphatic heterocycles. The van der Waals surface area contributed by atoms with Gasteiger partial charge in [0.15, 0.2) is 5.82 Å². The average Bonchev–Trinajstić information content (AvgIpc) is 3.14. The Labute approximate surface area is 186 Å². The van der Waals surface area contributed by atoms with Gasteiger partial charge >= 0.3 is 0 Å². The van der Waals surface area contributed by atoms with Gasteiger partial charge in [-0.25, -0.2) is 0 Å². The Morgan fingerprint density at radius 1 is 1.32 bits per heavy atom. The van der Waals surface area contributed by atoms with Crippen molar-refractivity contribution in [3.63, 3.8) is 0 Å². The molecule has 1 spiro atoms. The summed E-state index contributed by atoms with van der Waals surface area (Å²) in [4.78, 5) is 35.0. The van der Waals surface area contributed by atoms with E-state index in [2.05, 4.69) is 20.4 Å². The number of aromatic nitrogens is 2. The van der Waals surface area contributed by atoms with E-state index in [-0.39, 0.29) is 23.3 Å². The van der Waals surface area contributed by atoms with Crippen molar-refractivity contribution >= 4 is 23.2 Å². The van der Waals surface area contributed by atoms with E-state index in [1.54, 1.807) is 11.3 Å². The van der Waals surface area contributed by atoms with E-state index < -0.39 is 0 Å². The topological polar surface area (TPSA) is 91.6 Å². The largest absolute Gasteiger partial charge is 0.350 e. The van der Waals surface area contributed by atoms with Crippen molar-refractivity contribution in [1.82, 2.24) is 25.3 Å². The third-order valence-electron chi connectivity index (χ3n) is 6.88. The molecule has 166 valence electrons. The first kappa shape index (κ1) is 20.6. The molecule has 0 aromatic carbocycles. The highest BCUT2D eigenvalue weighted by atomic mass is 32.1. The van der Waals surface area contributed by atoms with E-state index in [1.165, 1.54) is 0 Å². The van der Waals surface area contributed by atoms with Crippen molar-refractivity contribution in [2.75, 3.05) is 26.2 Å². The van der Waals surface area contributed by atoms with Crippen LogP contribution in [-0.2, 0) is 16.1 Å². The molecular weight excluding hydrogens is 414 g/mol. The van der Waals surface area contributed by atoms with Gasteiger partial charge < -0.3 is 14.7 Å². The summed E-state index contributed by atoms with van der Waals surface area (Å²) in [5.74, 6) is 1.82. The van der Waals surface area contributed by atoms with Crippen molar-refractivity contribution in [2.45, 2.75) is 51.6 Å². The molecule has 1 aliphatic carbocycles. The molecule has 5 rings (SSSR count). The third kappa shape index (κ3) is 4.52. The van der Waals surface area contributed by atoms with Crippen LogP contribution >= 0.6 is 11.3 Å². The maximum absolute atomic E-state index is 12.7. The van der Waals surface area contributed by atoms with E-state index in [0.29, 0.717) is 30.7 Å². The number of nitrogens with one attached hydrogen (secondary N) is 1. The molecular formula is C22H29N5O3S. The first-order valence-electron chi connectivity index (χ1n) is 11.1. The zero-order chi connectivity index (χ0) is 21.4. The van der Waals surface area contributed by atoms with Gasteiger partial charge in [0.05, 0.1) is 19.1 Å². The van der Waals surface area contributed by atoms with E-state index in [9.17, 15) is 9.59 Å². The fourth-order valence-electron chi connectivity index (χ4n) is 4.99. The molecule has 2 aromatic heterocycles. The normalized spacial score (nSPS) is 23.4. The zero-order valence-corrected chi connectivity index (χ0v) is 18.7. The Kier molecular flexibility index (Phi) is 5.56. The lowest BCUT2D eigenvalue weighted by Gasteiger charge is -2.39. The summed E-state index contributed by atoms with van der Waals surface area (Å²) in [6.45, 7) is 5.11. The SMILES string of the molecule is Cc1noc(C2CC3(CCN(C(=O)C4CC4)CC3)CN2CC(=O)NCc2cccs2)n1. The lowest BCUT2D eigenvalue weighted by atomic mass is 9.76. The molecule has 1 unspecified atom stereocenters. The highest BCUT2D eigenvalue weighted by molar-refractivity contribution is 7.09. The molecule has 4 heterocycles. The summed E-state index contributed by atoms with van der Waals surface area (Å²) in [5.41, 5.74) is 0.0847. The predicted octanol–water partition coefficient (Wildman–Crippen LogP) is 2.52. The molecule has 1 saturated carbocycles. The van der Waals surface area contributed by atoms with Gasteiger partial charge in [-0.3, -0.25) is 14.5 Å². The number of aryl methyl sites for hydroxylation is 1. The Morgan fingerprint density at radius 2 is 2.13 bits per heavy atom. The van der Waals surface area contributed by atoms with Gasteiger partial charge in [0.2, 0.25) is 17.7 Å². The summed E-state index contributed by atoms with van der Waals surface area (Å²) in [6, 6.07) is 3.96. The molecule has 8 nitrogen and oxygen atoms in total. The molecule has 3 fully saturated rings. The number of carbonyl (C=O) groups excluding carboxylic acids is 2. The van der Waals surface area contributed by atoms with Gasteiger partial charge in [0.25, 0.3) is 0 Å². The van der Waals surface area contributed by atoms with Crippen LogP contribution in [0.5, 0.6) is 0 Å². The molecule has 1 atom stereocenters. The van der Waals surface area contributed by atoms with Crippen LogP contribution in [0.15, 0.2) is 22.0 Å². The summed E-state index contributed by atoms with van der Waals surface area (Å²) in [7, 11) is 0. The van der Waals surface area contributed by atoms with Crippen LogP contribution in [-0.4, -0.2) is 57.9 Å². The molecule has 1 N–H and O–H groups in total. The van der Waals surface area contributed by atoms with Crippen molar-refractivity contribution in [3.8, 4) is 0 Å². The Hall–Kier alpha value is -2.26. The van der Waals surface area contributed by atoms with Gasteiger partial charge in [-0.1, -0.05) is 11.2 Å². The quantitative estimate of drug-likeness (QED) is 0.738. The number of likely N-dealkylation sites (tertiary alicyclic amines) is 2. The van der Waals surface area contributed by atoms with Crippen molar-refractivity contribution in [3.05, 3.63) is 34.1 Å². The Bertz CT molecular complexity index is 931. The van der Waals surface area contributed by atoms with Gasteiger partial charge in [-0.2, -0.15) is 4.98 Å². The number of nitrogens with zero attached hydrogens (tertiary/aromatic N) is 4. The molecule has 3 aliphatic rings. The average molecular weight is 444 g/mol. The Morgan fingerprint density at radius 3 is 2.77 bits per heavy atom. The third-order valence-corrected chi connectivity index (χ3v) is 7.76. The number of thiophene rings is 1. The minimum absolute atomic E-state index is 0.00744. The van der Waals surface area contributed by atoms with Crippen LogP contribution in [0.1, 0.15) is 54.7 Å². The summed E-state index contributed by atoms with van der Waals surface area (Å²) < 4.78 is 5.51. The smallest absolute Gasteiger partial charge is 0.244 e. The number of piperidine rings is 1. The number of rotatable bonds is 6. The van der Waals surface area contributed by atoms with Crippen LogP contribution in [0.25, 0.3) is 0 Å². The maximum atomic E-state index is 12.7. The summed E-state index contributed by atoms with van der Waals surface area (Å²) in [6.07, 6.45) is 4.91. The first-order chi connectivity index (χ1) is 15.0. The minimum atomic E-state index is -0.0561. The van der Waals surface area contributed by atoms with E-state index >= 15 is 0 Å². The van der Waals surface area contributed by atoms with Gasteiger partial charge in [-0.05, 0) is 55.9 Å². The number of hydrogen-bond acceptors (Lipinski definition) is 7. The second-order valence-corrected chi connectivity index (χ2v) is 10.3. The van der Waals surface area contributed by atoms with Gasteiger partial charge in [-0.15, -0.1) is 11.3 Å². The summed E-state index contributed by atoms with van der Waals surface area (Å²) >= 11 is 1.64. The predicted molar refractivity (Wildman–Crippen MR) is 115 cm³/mol. The summed E-state index contributed by atoms with van der Waals surface area (Å²) in [5, 5.41) is 9.02. The van der Waals surface area contributed by atoms with Gasteiger partial charge in [0.1, 0.15) is 0 Å². The maximum Gasteiger partial charge on any atom is 0.244 e. The van der Waals surface area contributed by atoms with Crippen LogP contribution in [0.4, 0.5) is 0 Å². The van der Waals surface area contributed by atoms with Crippen molar-refractivity contribution < 1.29 is 14.1 Å². The van der Waals surface area contributed by atoms with Gasteiger partial charge in [0, 0.05) is 30.4 Å². The number of amides is 2. The van der Waals surface area contributed by atoms with Crippen LogP contribution in [0, 0.1) is 18.3 Å². The van der Waals surface area contributed by atoms with Crippen molar-refractivity contribution in [1.29, 1.82) is 0 Å². The lowest BCUT2D eigenvalue weighted by molar-refractivity contribution is -0.134. The molecule has 31 heavy (non-hydrogen) atoms. The molecule has 2 saturated heterocycles. The highest BCUT2D eigenvalue weighted by Gasteiger charge is 2.49. The van der Waals surface area contributed by atoms with Crippen LogP contribution in [0.2, 0.25) is 0 Å². The molecule has 0 bridgehead atoms. The second-order valence-electron chi connectivity index (χ2n) is 9.26. The second kappa shape index (κ2) is 8.35. The molecule has 0 radical (unpaired) electrons. The monoisotopic (exact) mass is 443 g/mol.